The molecule has 1 N–H and O–H groups in total. The number of carbonyl (C=O) groups is 1. The molecule has 0 saturated heterocycles. The molecule has 0 radical (unpaired) electrons. The van der Waals surface area contributed by atoms with E-state index in [1.54, 1.807) is 11.4 Å². The highest BCUT2D eigenvalue weighted by molar-refractivity contribution is 7.09. The Morgan fingerprint density at radius 2 is 1.78 bits per heavy atom. The highest BCUT2D eigenvalue weighted by Crippen LogP contribution is 2.33. The molecule has 192 valence electrons. The van der Waals surface area contributed by atoms with Crippen LogP contribution in [0, 0.1) is 5.92 Å². The molecule has 0 unspecified atom stereocenters. The minimum absolute atomic E-state index is 0.00562. The number of benzene rings is 2. The van der Waals surface area contributed by atoms with Crippen molar-refractivity contribution in [1.82, 2.24) is 15.2 Å². The molecule has 0 spiro atoms. The third-order valence-corrected chi connectivity index (χ3v) is 6.84. The maximum absolute atomic E-state index is 13.3. The number of aromatic nitrogens is 1. The normalized spacial score (nSPS) is 13.9. The molecule has 6 nitrogen and oxygen atoms in total. The number of hydrogen-bond donors (Lipinski definition) is 1. The Hall–Kier alpha value is -3.11. The van der Waals surface area contributed by atoms with Crippen LogP contribution in [0.4, 0.5) is 13.2 Å². The van der Waals surface area contributed by atoms with Gasteiger partial charge in [-0.1, -0.05) is 38.1 Å². The van der Waals surface area contributed by atoms with Crippen molar-refractivity contribution in [1.29, 1.82) is 0 Å². The summed E-state index contributed by atoms with van der Waals surface area (Å²) in [4.78, 5) is 19.1. The molecular weight excluding hydrogens is 491 g/mol. The van der Waals surface area contributed by atoms with E-state index in [0.717, 1.165) is 11.6 Å². The first kappa shape index (κ1) is 26.0. The van der Waals surface area contributed by atoms with Gasteiger partial charge in [-0.2, -0.15) is 13.2 Å². The zero-order chi connectivity index (χ0) is 25.9. The average molecular weight is 520 g/mol. The Kier molecular flexibility index (Phi) is 7.85. The topological polar surface area (TPSA) is 63.7 Å². The van der Waals surface area contributed by atoms with Gasteiger partial charge in [-0.05, 0) is 42.2 Å². The highest BCUT2D eigenvalue weighted by Gasteiger charge is 2.30. The number of thiazole rings is 1. The maximum atomic E-state index is 13.3. The number of alkyl halides is 3. The van der Waals surface area contributed by atoms with Gasteiger partial charge in [-0.15, -0.1) is 11.3 Å². The first-order valence-electron chi connectivity index (χ1n) is 11.6. The number of carbonyl (C=O) groups excluding carboxylic acids is 1. The van der Waals surface area contributed by atoms with Crippen LogP contribution in [0.15, 0.2) is 47.8 Å². The van der Waals surface area contributed by atoms with E-state index in [1.165, 1.54) is 23.5 Å². The van der Waals surface area contributed by atoms with E-state index in [9.17, 15) is 18.0 Å². The van der Waals surface area contributed by atoms with E-state index in [4.69, 9.17) is 9.47 Å². The number of nitrogens with one attached hydrogen (secondary N) is 1. The fourth-order valence-corrected chi connectivity index (χ4v) is 4.51. The van der Waals surface area contributed by atoms with E-state index in [0.29, 0.717) is 40.9 Å². The second-order valence-corrected chi connectivity index (χ2v) is 10.1. The van der Waals surface area contributed by atoms with Crippen LogP contribution >= 0.6 is 11.3 Å². The maximum Gasteiger partial charge on any atom is 0.416 e. The summed E-state index contributed by atoms with van der Waals surface area (Å²) < 4.78 is 50.6. The Morgan fingerprint density at radius 1 is 1.06 bits per heavy atom. The molecule has 36 heavy (non-hydrogen) atoms. The zero-order valence-electron chi connectivity index (χ0n) is 20.3. The van der Waals surface area contributed by atoms with E-state index in [-0.39, 0.29) is 31.2 Å². The van der Waals surface area contributed by atoms with Crippen molar-refractivity contribution in [3.05, 3.63) is 75.2 Å². The molecule has 1 aliphatic heterocycles. The van der Waals surface area contributed by atoms with Crippen LogP contribution < -0.4 is 14.8 Å². The Morgan fingerprint density at radius 3 is 2.50 bits per heavy atom. The van der Waals surface area contributed by atoms with Gasteiger partial charge < -0.3 is 14.8 Å². The van der Waals surface area contributed by atoms with Crippen molar-refractivity contribution < 1.29 is 27.4 Å². The minimum Gasteiger partial charge on any atom is -0.454 e. The smallest absolute Gasteiger partial charge is 0.416 e. The molecule has 2 aromatic carbocycles. The summed E-state index contributed by atoms with van der Waals surface area (Å²) in [6.07, 6.45) is -4.41. The van der Waals surface area contributed by atoms with E-state index in [1.807, 2.05) is 43.9 Å². The predicted octanol–water partition coefficient (Wildman–Crippen LogP) is 5.87. The Balaban J connectivity index is 1.53. The monoisotopic (exact) mass is 519 g/mol. The molecule has 0 bridgehead atoms. The van der Waals surface area contributed by atoms with Gasteiger partial charge in [-0.3, -0.25) is 9.69 Å². The van der Waals surface area contributed by atoms with Gasteiger partial charge in [0.05, 0.1) is 12.1 Å². The molecule has 10 heteroatoms. The predicted molar refractivity (Wildman–Crippen MR) is 131 cm³/mol. The summed E-state index contributed by atoms with van der Waals surface area (Å²) >= 11 is 1.35. The molecule has 1 aromatic heterocycles. The first-order chi connectivity index (χ1) is 17.1. The zero-order valence-corrected chi connectivity index (χ0v) is 21.1. The number of hydrogen-bond acceptors (Lipinski definition) is 6. The molecule has 0 fully saturated rings. The SMILES string of the molecule is CC(C)[C@@H](C)NC(=O)c1csc(CN(Cc2cccc(C(F)(F)F)c2)Cc2ccc3c(c2)OCO3)n1. The van der Waals surface area contributed by atoms with Crippen LogP contribution in [0.1, 0.15) is 53.0 Å². The third-order valence-electron chi connectivity index (χ3n) is 6.01. The van der Waals surface area contributed by atoms with Gasteiger partial charge >= 0.3 is 6.18 Å². The van der Waals surface area contributed by atoms with Crippen molar-refractivity contribution in [2.45, 2.75) is 52.6 Å². The summed E-state index contributed by atoms with van der Waals surface area (Å²) in [6.45, 7) is 7.23. The molecule has 2 heterocycles. The molecule has 1 amide bonds. The van der Waals surface area contributed by atoms with Gasteiger partial charge in [0.15, 0.2) is 11.5 Å². The summed E-state index contributed by atoms with van der Waals surface area (Å²) in [5, 5.41) is 5.35. The molecule has 1 aliphatic rings. The second-order valence-electron chi connectivity index (χ2n) is 9.16. The molecular formula is C26H28F3N3O3S. The van der Waals surface area contributed by atoms with Gasteiger partial charge in [0.25, 0.3) is 5.91 Å². The van der Waals surface area contributed by atoms with Gasteiger partial charge in [0, 0.05) is 24.5 Å². The summed E-state index contributed by atoms with van der Waals surface area (Å²) in [5.74, 6) is 1.35. The highest BCUT2D eigenvalue weighted by atomic mass is 32.1. The van der Waals surface area contributed by atoms with Crippen molar-refractivity contribution in [3.63, 3.8) is 0 Å². The molecule has 3 aromatic rings. The standard InChI is InChI=1S/C26H28F3N3O3S/c1-16(2)17(3)30-25(33)21-14-36-24(31-21)13-32(11-18-5-4-6-20(9-18)26(27,28)29)12-19-7-8-22-23(10-19)35-15-34-22/h4-10,14,16-17H,11-13,15H2,1-3H3,(H,30,33)/t17-/m1/s1. The van der Waals surface area contributed by atoms with Crippen molar-refractivity contribution in [3.8, 4) is 11.5 Å². The lowest BCUT2D eigenvalue weighted by molar-refractivity contribution is -0.137. The molecule has 0 saturated carbocycles. The van der Waals surface area contributed by atoms with Crippen LogP contribution in [0.3, 0.4) is 0 Å². The van der Waals surface area contributed by atoms with Gasteiger partial charge in [0.2, 0.25) is 6.79 Å². The van der Waals surface area contributed by atoms with Crippen LogP contribution in [-0.2, 0) is 25.8 Å². The van der Waals surface area contributed by atoms with Crippen LogP contribution in [0.25, 0.3) is 0 Å². The number of halogens is 3. The number of fused-ring (bicyclic) bond motifs is 1. The van der Waals surface area contributed by atoms with Gasteiger partial charge in [0.1, 0.15) is 10.7 Å². The Labute approximate surface area is 212 Å². The summed E-state index contributed by atoms with van der Waals surface area (Å²) in [7, 11) is 0. The number of amides is 1. The van der Waals surface area contributed by atoms with E-state index >= 15 is 0 Å². The van der Waals surface area contributed by atoms with Crippen molar-refractivity contribution >= 4 is 17.2 Å². The fourth-order valence-electron chi connectivity index (χ4n) is 3.70. The summed E-state index contributed by atoms with van der Waals surface area (Å²) in [6, 6.07) is 10.9. The van der Waals surface area contributed by atoms with Gasteiger partial charge in [-0.25, -0.2) is 4.98 Å². The van der Waals surface area contributed by atoms with Crippen molar-refractivity contribution in [2.75, 3.05) is 6.79 Å². The number of nitrogens with zero attached hydrogens (tertiary/aromatic N) is 2. The van der Waals surface area contributed by atoms with Crippen LogP contribution in [0.2, 0.25) is 0 Å². The van der Waals surface area contributed by atoms with Crippen LogP contribution in [-0.4, -0.2) is 28.6 Å². The van der Waals surface area contributed by atoms with Crippen molar-refractivity contribution in [2.24, 2.45) is 5.92 Å². The lowest BCUT2D eigenvalue weighted by Crippen LogP contribution is -2.36. The molecule has 0 aliphatic carbocycles. The second kappa shape index (κ2) is 10.9. The Bertz CT molecular complexity index is 1210. The lowest BCUT2D eigenvalue weighted by Gasteiger charge is -2.22. The average Bonchev–Trinajstić information content (AvgIpc) is 3.48. The largest absolute Gasteiger partial charge is 0.454 e. The quantitative estimate of drug-likeness (QED) is 0.383. The first-order valence-corrected chi connectivity index (χ1v) is 12.5. The lowest BCUT2D eigenvalue weighted by atomic mass is 10.1. The summed E-state index contributed by atoms with van der Waals surface area (Å²) in [5.41, 5.74) is 1.11. The number of rotatable bonds is 9. The fraction of sp³-hybridized carbons (Fsp3) is 0.385. The minimum atomic E-state index is -4.41. The van der Waals surface area contributed by atoms with E-state index < -0.39 is 11.7 Å². The molecule has 1 atom stereocenters. The van der Waals surface area contributed by atoms with Crippen LogP contribution in [0.5, 0.6) is 11.5 Å². The van der Waals surface area contributed by atoms with E-state index in [2.05, 4.69) is 10.3 Å². The third kappa shape index (κ3) is 6.55. The number of ether oxygens (including phenoxy) is 2. The molecule has 4 rings (SSSR count).